The first-order chi connectivity index (χ1) is 9.60. The number of hydrogen-bond acceptors (Lipinski definition) is 5. The molecule has 0 fully saturated rings. The zero-order valence-electron chi connectivity index (χ0n) is 10.3. The maximum atomic E-state index is 12.0. The molecule has 20 heavy (non-hydrogen) atoms. The number of ketones is 1. The number of rotatable bonds is 3. The molecule has 0 unspecified atom stereocenters. The fraction of sp³-hybridized carbons (Fsp3) is 0. The lowest BCUT2D eigenvalue weighted by Gasteiger charge is -2.00. The summed E-state index contributed by atoms with van der Waals surface area (Å²) in [6, 6.07) is 14.4. The molecule has 0 aromatic heterocycles. The average molecular weight is 270 g/mol. The number of hydrogen-bond donors (Lipinski definition) is 1. The van der Waals surface area contributed by atoms with E-state index in [0.717, 1.165) is 6.08 Å². The number of non-ortho nitro benzene ring substituents is 1. The second-order valence-corrected chi connectivity index (χ2v) is 3.60. The second-order valence-electron chi connectivity index (χ2n) is 3.60. The Morgan fingerprint density at radius 3 is 1.90 bits per heavy atom. The van der Waals surface area contributed by atoms with Crippen LogP contribution in [0.3, 0.4) is 0 Å². The van der Waals surface area contributed by atoms with E-state index in [9.17, 15) is 14.9 Å². The standard InChI is InChI=1S/C13H9NO3.CHNO/c15-13(10-4-2-1-3-5-10)11-6-8-12(9-7-11)14(16)17;2-1-3/h1-9H;2H. The molecule has 0 radical (unpaired) electrons. The van der Waals surface area contributed by atoms with Crippen molar-refractivity contribution in [1.29, 1.82) is 5.41 Å². The number of nitrogens with zero attached hydrogens (tertiary/aromatic N) is 1. The lowest BCUT2D eigenvalue weighted by atomic mass is 10.0. The Bertz CT molecular complexity index is 630. The fourth-order valence-electron chi connectivity index (χ4n) is 1.49. The first kappa shape index (κ1) is 14.9. The fourth-order valence-corrected chi connectivity index (χ4v) is 1.49. The van der Waals surface area contributed by atoms with Crippen LogP contribution in [0.1, 0.15) is 15.9 Å². The average Bonchev–Trinajstić information content (AvgIpc) is 2.48. The molecule has 0 heterocycles. The highest BCUT2D eigenvalue weighted by Gasteiger charge is 2.10. The Kier molecular flexibility index (Phi) is 5.50. The molecule has 0 saturated carbocycles. The number of nitrogens with one attached hydrogen (secondary N) is 1. The third-order valence-corrected chi connectivity index (χ3v) is 2.38. The van der Waals surface area contributed by atoms with E-state index in [1.807, 2.05) is 6.07 Å². The van der Waals surface area contributed by atoms with Crippen molar-refractivity contribution < 1.29 is 14.5 Å². The summed E-state index contributed by atoms with van der Waals surface area (Å²) < 4.78 is 0. The molecule has 0 bridgehead atoms. The van der Waals surface area contributed by atoms with Crippen molar-refractivity contribution in [3.63, 3.8) is 0 Å². The van der Waals surface area contributed by atoms with Crippen LogP contribution < -0.4 is 0 Å². The van der Waals surface area contributed by atoms with Gasteiger partial charge in [0.25, 0.3) is 5.69 Å². The van der Waals surface area contributed by atoms with Crippen LogP contribution in [0.25, 0.3) is 0 Å². The van der Waals surface area contributed by atoms with E-state index < -0.39 is 4.92 Å². The van der Waals surface area contributed by atoms with E-state index in [1.165, 1.54) is 24.3 Å². The normalized spacial score (nSPS) is 8.80. The molecular formula is C14H10N2O4. The number of benzene rings is 2. The number of nitro groups is 1. The van der Waals surface area contributed by atoms with Crippen molar-refractivity contribution in [2.24, 2.45) is 0 Å². The lowest BCUT2D eigenvalue weighted by Crippen LogP contribution is -2.00. The lowest BCUT2D eigenvalue weighted by molar-refractivity contribution is -0.384. The van der Waals surface area contributed by atoms with Gasteiger partial charge < -0.3 is 0 Å². The summed E-state index contributed by atoms with van der Waals surface area (Å²) in [6.07, 6.45) is 0.750. The highest BCUT2D eigenvalue weighted by atomic mass is 16.6. The van der Waals surface area contributed by atoms with Gasteiger partial charge in [-0.15, -0.1) is 0 Å². The van der Waals surface area contributed by atoms with E-state index in [0.29, 0.717) is 11.1 Å². The van der Waals surface area contributed by atoms with Crippen molar-refractivity contribution in [3.8, 4) is 0 Å². The van der Waals surface area contributed by atoms with Gasteiger partial charge in [0, 0.05) is 23.3 Å². The van der Waals surface area contributed by atoms with Gasteiger partial charge in [-0.25, -0.2) is 10.2 Å². The molecular weight excluding hydrogens is 260 g/mol. The van der Waals surface area contributed by atoms with Gasteiger partial charge in [-0.3, -0.25) is 14.9 Å². The third kappa shape index (κ3) is 3.97. The minimum absolute atomic E-state index is 0.0189. The van der Waals surface area contributed by atoms with Gasteiger partial charge in [-0.2, -0.15) is 0 Å². The molecule has 0 amide bonds. The molecule has 0 saturated heterocycles. The predicted octanol–water partition coefficient (Wildman–Crippen LogP) is 2.73. The molecule has 0 atom stereocenters. The summed E-state index contributed by atoms with van der Waals surface area (Å²) in [7, 11) is 0. The summed E-state index contributed by atoms with van der Waals surface area (Å²) in [5.41, 5.74) is 0.998. The first-order valence-electron chi connectivity index (χ1n) is 5.48. The molecule has 0 aliphatic rings. The van der Waals surface area contributed by atoms with Crippen LogP contribution in [0.15, 0.2) is 54.6 Å². The Morgan fingerprint density at radius 1 is 1.00 bits per heavy atom. The Balaban J connectivity index is 0.000000612. The molecule has 6 nitrogen and oxygen atoms in total. The summed E-state index contributed by atoms with van der Waals surface area (Å²) >= 11 is 0. The molecule has 6 heteroatoms. The molecule has 2 rings (SSSR count). The van der Waals surface area contributed by atoms with Crippen molar-refractivity contribution in [1.82, 2.24) is 0 Å². The largest absolute Gasteiger partial charge is 0.289 e. The van der Waals surface area contributed by atoms with Crippen molar-refractivity contribution in [2.45, 2.75) is 0 Å². The minimum atomic E-state index is -0.489. The number of carbonyl (C=O) groups excluding carboxylic acids is 2. The van der Waals surface area contributed by atoms with Crippen LogP contribution in [0.4, 0.5) is 5.69 Å². The van der Waals surface area contributed by atoms with Crippen LogP contribution in [0.2, 0.25) is 0 Å². The van der Waals surface area contributed by atoms with Gasteiger partial charge in [0.2, 0.25) is 6.08 Å². The van der Waals surface area contributed by atoms with Crippen molar-refractivity contribution >= 4 is 17.6 Å². The van der Waals surface area contributed by atoms with Gasteiger partial charge in [0.15, 0.2) is 5.78 Å². The van der Waals surface area contributed by atoms with Gasteiger partial charge in [-0.05, 0) is 12.1 Å². The molecule has 0 aliphatic heterocycles. The predicted molar refractivity (Wildman–Crippen MR) is 71.4 cm³/mol. The molecule has 100 valence electrons. The molecule has 2 aromatic carbocycles. The smallest absolute Gasteiger partial charge is 0.269 e. The molecule has 0 spiro atoms. The molecule has 2 aromatic rings. The number of isocyanates is 1. The molecule has 0 aliphatic carbocycles. The second kappa shape index (κ2) is 7.35. The number of nitro benzene ring substituents is 1. The summed E-state index contributed by atoms with van der Waals surface area (Å²) in [4.78, 5) is 30.3. The Hall–Kier alpha value is -3.11. The van der Waals surface area contributed by atoms with Gasteiger partial charge >= 0.3 is 0 Å². The zero-order chi connectivity index (χ0) is 15.0. The van der Waals surface area contributed by atoms with E-state index in [2.05, 4.69) is 0 Å². The summed E-state index contributed by atoms with van der Waals surface area (Å²) in [5, 5.41) is 15.9. The minimum Gasteiger partial charge on any atom is -0.289 e. The van der Waals surface area contributed by atoms with Crippen molar-refractivity contribution in [3.05, 3.63) is 75.8 Å². The SMILES string of the molecule is N=C=O.O=C(c1ccccc1)c1ccc([N+](=O)[O-])cc1. The van der Waals surface area contributed by atoms with E-state index in [4.69, 9.17) is 10.2 Å². The Labute approximate surface area is 114 Å². The van der Waals surface area contributed by atoms with Gasteiger partial charge in [0.1, 0.15) is 0 Å². The monoisotopic (exact) mass is 270 g/mol. The molecule has 1 N–H and O–H groups in total. The van der Waals surface area contributed by atoms with Crippen LogP contribution in [-0.4, -0.2) is 16.8 Å². The topological polar surface area (TPSA) is 101 Å². The van der Waals surface area contributed by atoms with Crippen LogP contribution >= 0.6 is 0 Å². The van der Waals surface area contributed by atoms with Gasteiger partial charge in [-0.1, -0.05) is 30.3 Å². The maximum absolute atomic E-state index is 12.0. The summed E-state index contributed by atoms with van der Waals surface area (Å²) in [6.45, 7) is 0. The van der Waals surface area contributed by atoms with E-state index >= 15 is 0 Å². The van der Waals surface area contributed by atoms with Gasteiger partial charge in [0.05, 0.1) is 4.92 Å². The quantitative estimate of drug-likeness (QED) is 0.304. The van der Waals surface area contributed by atoms with Crippen LogP contribution in [-0.2, 0) is 4.79 Å². The van der Waals surface area contributed by atoms with Crippen LogP contribution in [0, 0.1) is 15.5 Å². The highest BCUT2D eigenvalue weighted by molar-refractivity contribution is 6.09. The van der Waals surface area contributed by atoms with E-state index in [1.54, 1.807) is 24.3 Å². The zero-order valence-corrected chi connectivity index (χ0v) is 10.3. The Morgan fingerprint density at radius 2 is 1.45 bits per heavy atom. The summed E-state index contributed by atoms with van der Waals surface area (Å²) in [5.74, 6) is -0.138. The maximum Gasteiger partial charge on any atom is 0.269 e. The number of carbonyl (C=O) groups is 1. The van der Waals surface area contributed by atoms with E-state index in [-0.39, 0.29) is 11.5 Å². The first-order valence-corrected chi connectivity index (χ1v) is 5.48. The third-order valence-electron chi connectivity index (χ3n) is 2.38. The van der Waals surface area contributed by atoms with Crippen molar-refractivity contribution in [2.75, 3.05) is 0 Å². The van der Waals surface area contributed by atoms with Crippen LogP contribution in [0.5, 0.6) is 0 Å². The highest BCUT2D eigenvalue weighted by Crippen LogP contribution is 2.15.